The molecule has 0 aliphatic rings. The minimum atomic E-state index is -5.15. The number of hydrogen-bond donors (Lipinski definition) is 1. The van der Waals surface area contributed by atoms with Gasteiger partial charge in [0.05, 0.1) is 28.6 Å². The van der Waals surface area contributed by atoms with E-state index in [4.69, 9.17) is 17.3 Å². The number of carbonyl (C=O) groups excluding carboxylic acids is 2. The molecule has 0 spiro atoms. The maximum Gasteiger partial charge on any atom is 0.416 e. The summed E-state index contributed by atoms with van der Waals surface area (Å²) in [4.78, 5) is 48.8. The van der Waals surface area contributed by atoms with Crippen LogP contribution in [-0.2, 0) is 23.7 Å². The molecule has 0 radical (unpaired) electrons. The van der Waals surface area contributed by atoms with Crippen LogP contribution >= 0.6 is 11.6 Å². The molecular formula is C32H30ClF6N5O3. The Balaban J connectivity index is 2.05. The molecule has 0 aliphatic heterocycles. The van der Waals surface area contributed by atoms with Crippen LogP contribution in [0.3, 0.4) is 0 Å². The third kappa shape index (κ3) is 7.93. The lowest BCUT2D eigenvalue weighted by molar-refractivity contribution is -0.143. The monoisotopic (exact) mass is 681 g/mol. The Hall–Kier alpha value is -4.43. The molecule has 15 heteroatoms. The number of likely N-dealkylation sites (N-methyl/N-ethyl adjacent to an activating group) is 1. The van der Waals surface area contributed by atoms with Crippen molar-refractivity contribution in [1.29, 1.82) is 0 Å². The molecule has 0 bridgehead atoms. The van der Waals surface area contributed by atoms with Crippen LogP contribution in [0.4, 0.5) is 26.3 Å². The average molecular weight is 682 g/mol. The predicted octanol–water partition coefficient (Wildman–Crippen LogP) is 6.06. The van der Waals surface area contributed by atoms with E-state index in [0.717, 1.165) is 19.9 Å². The summed E-state index contributed by atoms with van der Waals surface area (Å²) < 4.78 is 83.2. The maximum absolute atomic E-state index is 14.0. The molecular weight excluding hydrogens is 652 g/mol. The Labute approximate surface area is 270 Å². The summed E-state index contributed by atoms with van der Waals surface area (Å²) in [5.74, 6) is -1.79. The first-order chi connectivity index (χ1) is 21.9. The molecule has 1 heterocycles. The number of aryl methyl sites for hydroxylation is 1. The first kappa shape index (κ1) is 35.4. The highest BCUT2D eigenvalue weighted by Crippen LogP contribution is 2.37. The molecule has 0 saturated heterocycles. The predicted molar refractivity (Wildman–Crippen MR) is 164 cm³/mol. The second-order valence-corrected chi connectivity index (χ2v) is 11.5. The van der Waals surface area contributed by atoms with Crippen molar-refractivity contribution in [1.82, 2.24) is 19.4 Å². The maximum atomic E-state index is 14.0. The number of carbonyl (C=O) groups is 2. The summed E-state index contributed by atoms with van der Waals surface area (Å²) in [7, 11) is 2.77. The van der Waals surface area contributed by atoms with Crippen LogP contribution in [-0.4, -0.2) is 58.4 Å². The van der Waals surface area contributed by atoms with E-state index in [1.807, 2.05) is 0 Å². The highest BCUT2D eigenvalue weighted by Gasteiger charge is 2.39. The summed E-state index contributed by atoms with van der Waals surface area (Å²) in [5, 5.41) is 0.0857. The number of nitrogens with zero attached hydrogens (tertiary/aromatic N) is 4. The van der Waals surface area contributed by atoms with Gasteiger partial charge in [-0.15, -0.1) is 0 Å². The lowest BCUT2D eigenvalue weighted by Gasteiger charge is -2.33. The molecule has 1 atom stereocenters. The molecule has 2 N–H and O–H groups in total. The Morgan fingerprint density at radius 1 is 0.936 bits per heavy atom. The van der Waals surface area contributed by atoms with Crippen molar-refractivity contribution in [2.45, 2.75) is 38.3 Å². The molecule has 4 rings (SSSR count). The summed E-state index contributed by atoms with van der Waals surface area (Å²) >= 11 is 6.16. The molecule has 1 unspecified atom stereocenters. The summed E-state index contributed by atoms with van der Waals surface area (Å²) in [6, 6.07) is 9.70. The van der Waals surface area contributed by atoms with E-state index in [1.54, 1.807) is 19.1 Å². The van der Waals surface area contributed by atoms with Crippen molar-refractivity contribution < 1.29 is 35.9 Å². The van der Waals surface area contributed by atoms with Crippen molar-refractivity contribution in [2.75, 3.05) is 27.2 Å². The normalized spacial score (nSPS) is 12.7. The number of amides is 2. The molecule has 250 valence electrons. The van der Waals surface area contributed by atoms with Crippen molar-refractivity contribution in [3.8, 4) is 0 Å². The zero-order valence-corrected chi connectivity index (χ0v) is 26.2. The number of alkyl halides is 6. The molecule has 8 nitrogen and oxygen atoms in total. The van der Waals surface area contributed by atoms with Gasteiger partial charge in [0, 0.05) is 31.2 Å². The van der Waals surface area contributed by atoms with Gasteiger partial charge < -0.3 is 15.5 Å². The van der Waals surface area contributed by atoms with Crippen LogP contribution in [0, 0.1) is 6.92 Å². The fourth-order valence-electron chi connectivity index (χ4n) is 4.97. The van der Waals surface area contributed by atoms with E-state index in [9.17, 15) is 40.7 Å². The largest absolute Gasteiger partial charge is 0.416 e. The van der Waals surface area contributed by atoms with Crippen molar-refractivity contribution in [2.24, 2.45) is 5.73 Å². The average Bonchev–Trinajstić information content (AvgIpc) is 2.99. The number of halogens is 7. The van der Waals surface area contributed by atoms with Crippen LogP contribution in [0.5, 0.6) is 0 Å². The first-order valence-corrected chi connectivity index (χ1v) is 14.6. The third-order valence-corrected chi connectivity index (χ3v) is 7.56. The zero-order chi connectivity index (χ0) is 34.8. The Bertz CT molecular complexity index is 1820. The van der Waals surface area contributed by atoms with E-state index >= 15 is 0 Å². The van der Waals surface area contributed by atoms with Crippen molar-refractivity contribution in [3.05, 3.63) is 110 Å². The Morgan fingerprint density at radius 3 is 2.06 bits per heavy atom. The van der Waals surface area contributed by atoms with Crippen LogP contribution in [0.15, 0.2) is 65.5 Å². The Morgan fingerprint density at radius 2 is 1.53 bits per heavy atom. The van der Waals surface area contributed by atoms with E-state index in [-0.39, 0.29) is 47.1 Å². The minimum absolute atomic E-state index is 0.00751. The SMILES string of the molecule is Cc1ccc(C(=O)N(CCCN)C(C(=O)N(C)C)c2nc3cc(Cl)ccc3c(=O)n2Cc2cc(C(F)(F)F)cc(C(F)(F)F)c2)cc1. The Kier molecular flexibility index (Phi) is 10.4. The van der Waals surface area contributed by atoms with Crippen molar-refractivity contribution >= 4 is 34.3 Å². The van der Waals surface area contributed by atoms with E-state index in [1.165, 1.54) is 44.4 Å². The van der Waals surface area contributed by atoms with Gasteiger partial charge in [-0.25, -0.2) is 4.98 Å². The smallest absolute Gasteiger partial charge is 0.347 e. The van der Waals surface area contributed by atoms with Gasteiger partial charge in [0.1, 0.15) is 5.82 Å². The minimum Gasteiger partial charge on any atom is -0.347 e. The van der Waals surface area contributed by atoms with E-state index in [2.05, 4.69) is 4.98 Å². The first-order valence-electron chi connectivity index (χ1n) is 14.2. The lowest BCUT2D eigenvalue weighted by atomic mass is 10.0. The molecule has 3 aromatic carbocycles. The fourth-order valence-corrected chi connectivity index (χ4v) is 5.13. The summed E-state index contributed by atoms with van der Waals surface area (Å²) in [5.41, 5.74) is 2.17. The molecule has 0 fully saturated rings. The summed E-state index contributed by atoms with van der Waals surface area (Å²) in [6.45, 7) is 0.935. The quantitative estimate of drug-likeness (QED) is 0.216. The topological polar surface area (TPSA) is 102 Å². The number of benzene rings is 3. The zero-order valence-electron chi connectivity index (χ0n) is 25.4. The van der Waals surface area contributed by atoms with Gasteiger partial charge in [-0.3, -0.25) is 19.0 Å². The standard InChI is InChI=1S/C32H30ClF6N5O3/c1-18-5-7-20(8-6-18)28(45)43(12-4-11-40)26(30(47)42(2)3)27-41-25-16-23(33)9-10-24(25)29(46)44(27)17-19-13-21(31(34,35)36)15-22(14-19)32(37,38)39/h5-10,13-16,26H,4,11-12,17,40H2,1-3H3. The van der Waals surface area contributed by atoms with Gasteiger partial charge in [-0.2, -0.15) is 26.3 Å². The summed E-state index contributed by atoms with van der Waals surface area (Å²) in [6.07, 6.45) is -10.1. The van der Waals surface area contributed by atoms with Crippen molar-refractivity contribution in [3.63, 3.8) is 0 Å². The van der Waals surface area contributed by atoms with Gasteiger partial charge in [-0.1, -0.05) is 29.3 Å². The van der Waals surface area contributed by atoms with Gasteiger partial charge in [0.2, 0.25) is 0 Å². The van der Waals surface area contributed by atoms with Crippen LogP contribution in [0.1, 0.15) is 50.9 Å². The molecule has 47 heavy (non-hydrogen) atoms. The molecule has 2 amide bonds. The van der Waals surface area contributed by atoms with Crippen LogP contribution in [0.25, 0.3) is 10.9 Å². The molecule has 4 aromatic rings. The van der Waals surface area contributed by atoms with Crippen LogP contribution < -0.4 is 11.3 Å². The van der Waals surface area contributed by atoms with Gasteiger partial charge in [-0.05, 0) is 74.0 Å². The molecule has 1 aromatic heterocycles. The van der Waals surface area contributed by atoms with Gasteiger partial charge in [0.15, 0.2) is 6.04 Å². The fraction of sp³-hybridized carbons (Fsp3) is 0.312. The van der Waals surface area contributed by atoms with E-state index < -0.39 is 64.8 Å². The molecule has 0 saturated carbocycles. The lowest BCUT2D eigenvalue weighted by Crippen LogP contribution is -2.47. The number of aromatic nitrogens is 2. The number of fused-ring (bicyclic) bond motifs is 1. The van der Waals surface area contributed by atoms with Gasteiger partial charge in [0.25, 0.3) is 17.4 Å². The third-order valence-electron chi connectivity index (χ3n) is 7.33. The van der Waals surface area contributed by atoms with E-state index in [0.29, 0.717) is 12.1 Å². The van der Waals surface area contributed by atoms with Gasteiger partial charge >= 0.3 is 12.4 Å². The number of nitrogens with two attached hydrogens (primary N) is 1. The highest BCUT2D eigenvalue weighted by molar-refractivity contribution is 6.31. The number of rotatable bonds is 9. The second-order valence-electron chi connectivity index (χ2n) is 11.1. The van der Waals surface area contributed by atoms with Crippen LogP contribution in [0.2, 0.25) is 5.02 Å². The molecule has 0 aliphatic carbocycles. The number of hydrogen-bond acceptors (Lipinski definition) is 5. The second kappa shape index (κ2) is 13.7. The highest BCUT2D eigenvalue weighted by atomic mass is 35.5.